The summed E-state index contributed by atoms with van der Waals surface area (Å²) < 4.78 is 25.5. The predicted octanol–water partition coefficient (Wildman–Crippen LogP) is 1.28. The smallest absolute Gasteiger partial charge is 0.250 e. The second-order valence-electron chi connectivity index (χ2n) is 3.79. The highest BCUT2D eigenvalue weighted by molar-refractivity contribution is 14.1. The molecule has 0 fully saturated rings. The molecule has 0 N–H and O–H groups in total. The van der Waals surface area contributed by atoms with E-state index in [1.54, 1.807) is 26.1 Å². The molecule has 4 nitrogen and oxygen atoms in total. The van der Waals surface area contributed by atoms with Crippen LogP contribution >= 0.6 is 22.6 Å². The van der Waals surface area contributed by atoms with E-state index >= 15 is 0 Å². The molecule has 6 heteroatoms. The van der Waals surface area contributed by atoms with Gasteiger partial charge in [0.05, 0.1) is 11.0 Å². The van der Waals surface area contributed by atoms with Crippen LogP contribution in [0, 0.1) is 3.57 Å². The van der Waals surface area contributed by atoms with Gasteiger partial charge in [-0.25, -0.2) is 8.42 Å². The Balaban J connectivity index is 2.84. The molecule has 0 bridgehead atoms. The van der Waals surface area contributed by atoms with E-state index in [1.165, 1.54) is 10.6 Å². The summed E-state index contributed by atoms with van der Waals surface area (Å²) in [5.74, 6) is 0.00463. The van der Waals surface area contributed by atoms with Crippen molar-refractivity contribution in [3.05, 3.63) is 32.3 Å². The summed E-state index contributed by atoms with van der Waals surface area (Å²) in [5.41, 5.74) is -0.167. The summed E-state index contributed by atoms with van der Waals surface area (Å²) >= 11 is 2.09. The Bertz CT molecular complexity index is 519. The molecule has 0 radical (unpaired) electrons. The Hall–Kier alpha value is -0.370. The van der Waals surface area contributed by atoms with Crippen molar-refractivity contribution in [1.82, 2.24) is 4.57 Å². The van der Waals surface area contributed by atoms with Crippen LogP contribution in [0.15, 0.2) is 23.1 Å². The molecule has 1 rings (SSSR count). The molecule has 90 valence electrons. The lowest BCUT2D eigenvalue weighted by Crippen LogP contribution is -2.26. The van der Waals surface area contributed by atoms with Crippen LogP contribution in [0.4, 0.5) is 0 Å². The third-order valence-corrected chi connectivity index (χ3v) is 5.11. The molecule has 16 heavy (non-hydrogen) atoms. The van der Waals surface area contributed by atoms with E-state index in [9.17, 15) is 13.2 Å². The summed E-state index contributed by atoms with van der Waals surface area (Å²) in [5, 5.41) is -0.397. The van der Waals surface area contributed by atoms with Crippen molar-refractivity contribution in [1.29, 1.82) is 0 Å². The van der Waals surface area contributed by atoms with Gasteiger partial charge in [-0.2, -0.15) is 0 Å². The fraction of sp³-hybridized carbons (Fsp3) is 0.500. The van der Waals surface area contributed by atoms with Crippen molar-refractivity contribution in [3.8, 4) is 0 Å². The molecule has 0 atom stereocenters. The summed E-state index contributed by atoms with van der Waals surface area (Å²) in [6.07, 6.45) is 1.67. The van der Waals surface area contributed by atoms with Crippen LogP contribution < -0.4 is 5.56 Å². The number of halogens is 1. The van der Waals surface area contributed by atoms with Crippen molar-refractivity contribution in [2.24, 2.45) is 0 Å². The Morgan fingerprint density at radius 2 is 2.00 bits per heavy atom. The second kappa shape index (κ2) is 5.31. The molecule has 1 aromatic heterocycles. The van der Waals surface area contributed by atoms with Gasteiger partial charge in [-0.05, 0) is 42.5 Å². The Labute approximate surface area is 109 Å². The summed E-state index contributed by atoms with van der Waals surface area (Å²) in [6, 6.07) is 3.15. The molecule has 0 saturated carbocycles. The second-order valence-corrected chi connectivity index (χ2v) is 7.72. The molecule has 0 amide bonds. The van der Waals surface area contributed by atoms with Gasteiger partial charge in [0.25, 0.3) is 5.56 Å². The maximum Gasteiger partial charge on any atom is 0.250 e. The highest BCUT2D eigenvalue weighted by atomic mass is 127. The monoisotopic (exact) mass is 355 g/mol. The number of rotatable bonds is 4. The maximum atomic E-state index is 11.6. The first-order valence-corrected chi connectivity index (χ1v) is 7.70. The zero-order chi connectivity index (χ0) is 12.3. The summed E-state index contributed by atoms with van der Waals surface area (Å²) in [6.45, 7) is 3.51. The first-order chi connectivity index (χ1) is 7.33. The van der Waals surface area contributed by atoms with Gasteiger partial charge in [-0.3, -0.25) is 4.79 Å². The fourth-order valence-electron chi connectivity index (χ4n) is 1.14. The van der Waals surface area contributed by atoms with Gasteiger partial charge in [-0.1, -0.05) is 0 Å². The van der Waals surface area contributed by atoms with Crippen LogP contribution in [0.1, 0.15) is 13.8 Å². The van der Waals surface area contributed by atoms with Crippen molar-refractivity contribution < 1.29 is 8.42 Å². The van der Waals surface area contributed by atoms with Gasteiger partial charge in [0, 0.05) is 22.4 Å². The zero-order valence-electron chi connectivity index (χ0n) is 9.18. The van der Waals surface area contributed by atoms with Crippen LogP contribution in [0.2, 0.25) is 0 Å². The van der Waals surface area contributed by atoms with Gasteiger partial charge in [0.2, 0.25) is 0 Å². The normalized spacial score (nSPS) is 12.0. The Kier molecular flexibility index (Phi) is 4.54. The van der Waals surface area contributed by atoms with Gasteiger partial charge in [0.1, 0.15) is 0 Å². The van der Waals surface area contributed by atoms with Gasteiger partial charge in [-0.15, -0.1) is 0 Å². The Morgan fingerprint density at radius 3 is 2.56 bits per heavy atom. The number of pyridine rings is 1. The minimum absolute atomic E-state index is 0.00463. The van der Waals surface area contributed by atoms with Crippen molar-refractivity contribution >= 4 is 32.4 Å². The quantitative estimate of drug-likeness (QED) is 0.765. The van der Waals surface area contributed by atoms with Crippen molar-refractivity contribution in [2.45, 2.75) is 25.6 Å². The van der Waals surface area contributed by atoms with E-state index in [0.717, 1.165) is 3.57 Å². The standard InChI is InChI=1S/C10H14INO3S/c1-8(2)16(14,15)6-5-12-7-9(11)3-4-10(12)13/h3-4,7-8H,5-6H2,1-2H3. The van der Waals surface area contributed by atoms with E-state index in [4.69, 9.17) is 0 Å². The minimum Gasteiger partial charge on any atom is -0.313 e. The predicted molar refractivity (Wildman–Crippen MR) is 72.3 cm³/mol. The van der Waals surface area contributed by atoms with Gasteiger partial charge < -0.3 is 4.57 Å². The number of sulfone groups is 1. The van der Waals surface area contributed by atoms with Gasteiger partial charge >= 0.3 is 0 Å². The minimum atomic E-state index is -3.09. The van der Waals surface area contributed by atoms with Crippen molar-refractivity contribution in [2.75, 3.05) is 5.75 Å². The summed E-state index contributed by atoms with van der Waals surface area (Å²) in [7, 11) is -3.09. The van der Waals surface area contributed by atoms with Crippen LogP contribution in [0.25, 0.3) is 0 Å². The molecule has 1 aromatic rings. The van der Waals surface area contributed by atoms with Gasteiger partial charge in [0.15, 0.2) is 9.84 Å². The number of hydrogen-bond acceptors (Lipinski definition) is 3. The highest BCUT2D eigenvalue weighted by Gasteiger charge is 2.15. The molecule has 0 unspecified atom stereocenters. The SMILES string of the molecule is CC(C)S(=O)(=O)CCn1cc(I)ccc1=O. The van der Waals surface area contributed by atoms with Crippen molar-refractivity contribution in [3.63, 3.8) is 0 Å². The average molecular weight is 355 g/mol. The highest BCUT2D eigenvalue weighted by Crippen LogP contribution is 2.03. The molecule has 0 aromatic carbocycles. The number of aromatic nitrogens is 1. The lowest BCUT2D eigenvalue weighted by Gasteiger charge is -2.09. The van der Waals surface area contributed by atoms with Crippen LogP contribution in [0.5, 0.6) is 0 Å². The van der Waals surface area contributed by atoms with Crippen LogP contribution in [-0.4, -0.2) is 24.0 Å². The largest absolute Gasteiger partial charge is 0.313 e. The van der Waals surface area contributed by atoms with E-state index in [0.29, 0.717) is 0 Å². The fourth-order valence-corrected chi connectivity index (χ4v) is 2.58. The average Bonchev–Trinajstić information content (AvgIpc) is 2.19. The lowest BCUT2D eigenvalue weighted by atomic mass is 10.5. The lowest BCUT2D eigenvalue weighted by molar-refractivity contribution is 0.578. The van der Waals surface area contributed by atoms with Crippen LogP contribution in [-0.2, 0) is 16.4 Å². The first kappa shape index (κ1) is 13.7. The molecule has 0 saturated heterocycles. The number of hydrogen-bond donors (Lipinski definition) is 0. The molecule has 0 aliphatic heterocycles. The molecular weight excluding hydrogens is 341 g/mol. The van der Waals surface area contributed by atoms with E-state index in [2.05, 4.69) is 22.6 Å². The molecule has 1 heterocycles. The maximum absolute atomic E-state index is 11.6. The first-order valence-electron chi connectivity index (χ1n) is 4.90. The number of nitrogens with zero attached hydrogens (tertiary/aromatic N) is 1. The van der Waals surface area contributed by atoms with Crippen LogP contribution in [0.3, 0.4) is 0 Å². The molecule has 0 aliphatic rings. The third-order valence-electron chi connectivity index (χ3n) is 2.28. The molecule has 0 aliphatic carbocycles. The molecule has 0 spiro atoms. The Morgan fingerprint density at radius 1 is 1.38 bits per heavy atom. The molecular formula is C10H14INO3S. The van der Waals surface area contributed by atoms with E-state index < -0.39 is 15.1 Å². The zero-order valence-corrected chi connectivity index (χ0v) is 12.2. The third kappa shape index (κ3) is 3.58. The number of aryl methyl sites for hydroxylation is 1. The summed E-state index contributed by atoms with van der Waals surface area (Å²) in [4.78, 5) is 11.4. The van der Waals surface area contributed by atoms with E-state index in [1.807, 2.05) is 0 Å². The van der Waals surface area contributed by atoms with E-state index in [-0.39, 0.29) is 17.9 Å². The topological polar surface area (TPSA) is 56.1 Å².